The molecular formula is C15H29N3O2. The van der Waals surface area contributed by atoms with Crippen molar-refractivity contribution in [3.63, 3.8) is 0 Å². The topological polar surface area (TPSA) is 52.7 Å². The van der Waals surface area contributed by atoms with E-state index in [1.807, 2.05) is 20.8 Å². The van der Waals surface area contributed by atoms with Gasteiger partial charge in [0.15, 0.2) is 0 Å². The summed E-state index contributed by atoms with van der Waals surface area (Å²) in [5.74, 6) is 0.564. The van der Waals surface area contributed by atoms with Gasteiger partial charge in [-0.2, -0.15) is 0 Å². The van der Waals surface area contributed by atoms with E-state index in [0.717, 1.165) is 19.5 Å². The van der Waals surface area contributed by atoms with Gasteiger partial charge in [-0.15, -0.1) is 0 Å². The van der Waals surface area contributed by atoms with Gasteiger partial charge in [0.05, 0.1) is 13.1 Å². The van der Waals surface area contributed by atoms with Gasteiger partial charge in [0, 0.05) is 19.1 Å². The minimum atomic E-state index is -0.261. The number of nitrogens with one attached hydrogen (secondary N) is 1. The molecule has 0 radical (unpaired) electrons. The summed E-state index contributed by atoms with van der Waals surface area (Å²) in [5.41, 5.74) is -0.261. The molecule has 1 rings (SSSR count). The molecule has 1 aliphatic rings. The molecular weight excluding hydrogens is 254 g/mol. The number of likely N-dealkylation sites (tertiary alicyclic amines) is 1. The molecule has 1 saturated heterocycles. The number of hydrogen-bond acceptors (Lipinski definition) is 3. The lowest BCUT2D eigenvalue weighted by Gasteiger charge is -2.31. The van der Waals surface area contributed by atoms with Gasteiger partial charge in [0.25, 0.3) is 0 Å². The lowest BCUT2D eigenvalue weighted by Crippen LogP contribution is -2.48. The van der Waals surface area contributed by atoms with Crippen LogP contribution >= 0.6 is 0 Å². The van der Waals surface area contributed by atoms with E-state index in [0.29, 0.717) is 12.5 Å². The Morgan fingerprint density at radius 3 is 2.55 bits per heavy atom. The maximum Gasteiger partial charge on any atom is 0.240 e. The van der Waals surface area contributed by atoms with E-state index in [1.165, 1.54) is 11.3 Å². The van der Waals surface area contributed by atoms with E-state index in [9.17, 15) is 9.59 Å². The minimum Gasteiger partial charge on any atom is -0.350 e. The number of rotatable bonds is 4. The number of amides is 2. The quantitative estimate of drug-likeness (QED) is 0.840. The first-order valence-electron chi connectivity index (χ1n) is 7.44. The van der Waals surface area contributed by atoms with Crippen molar-refractivity contribution in [2.45, 2.75) is 46.1 Å². The number of nitrogens with zero attached hydrogens (tertiary/aromatic N) is 2. The Hall–Kier alpha value is -1.10. The zero-order chi connectivity index (χ0) is 15.3. The highest BCUT2D eigenvalue weighted by atomic mass is 16.2. The summed E-state index contributed by atoms with van der Waals surface area (Å²) >= 11 is 0. The zero-order valence-corrected chi connectivity index (χ0v) is 13.5. The third-order valence-electron chi connectivity index (χ3n) is 3.42. The highest BCUT2D eigenvalue weighted by Crippen LogP contribution is 2.15. The first kappa shape index (κ1) is 17.0. The van der Waals surface area contributed by atoms with Gasteiger partial charge in [-0.3, -0.25) is 14.5 Å². The number of likely N-dealkylation sites (N-methyl/N-ethyl adjacent to an activating group) is 1. The molecule has 5 heteroatoms. The third-order valence-corrected chi connectivity index (χ3v) is 3.42. The Morgan fingerprint density at radius 2 is 2.00 bits per heavy atom. The molecule has 1 N–H and O–H groups in total. The fourth-order valence-electron chi connectivity index (χ4n) is 2.50. The van der Waals surface area contributed by atoms with Gasteiger partial charge >= 0.3 is 0 Å². The number of carbonyl (C=O) groups is 2. The van der Waals surface area contributed by atoms with Crippen molar-refractivity contribution in [1.29, 1.82) is 0 Å². The Labute approximate surface area is 122 Å². The lowest BCUT2D eigenvalue weighted by molar-refractivity contribution is -0.136. The van der Waals surface area contributed by atoms with Crippen LogP contribution in [0, 0.1) is 5.92 Å². The highest BCUT2D eigenvalue weighted by Gasteiger charge is 2.22. The van der Waals surface area contributed by atoms with Crippen molar-refractivity contribution in [2.75, 3.05) is 33.2 Å². The maximum atomic E-state index is 12.1. The summed E-state index contributed by atoms with van der Waals surface area (Å²) in [6.07, 6.45) is 2.40. The van der Waals surface area contributed by atoms with Crippen molar-refractivity contribution < 1.29 is 9.59 Å². The molecule has 2 amide bonds. The smallest absolute Gasteiger partial charge is 0.240 e. The number of piperidine rings is 1. The first-order valence-corrected chi connectivity index (χ1v) is 7.44. The van der Waals surface area contributed by atoms with E-state index in [1.54, 1.807) is 7.05 Å². The van der Waals surface area contributed by atoms with Gasteiger partial charge in [0.1, 0.15) is 0 Å². The van der Waals surface area contributed by atoms with Crippen molar-refractivity contribution in [2.24, 2.45) is 5.92 Å². The summed E-state index contributed by atoms with van der Waals surface area (Å²) < 4.78 is 0. The fourth-order valence-corrected chi connectivity index (χ4v) is 2.50. The molecule has 116 valence electrons. The molecule has 0 aromatic heterocycles. The lowest BCUT2D eigenvalue weighted by atomic mass is 10.0. The van der Waals surface area contributed by atoms with Crippen LogP contribution < -0.4 is 5.32 Å². The second-order valence-electron chi connectivity index (χ2n) is 7.03. The van der Waals surface area contributed by atoms with Crippen LogP contribution in [-0.2, 0) is 9.59 Å². The second-order valence-corrected chi connectivity index (χ2v) is 7.03. The summed E-state index contributed by atoms with van der Waals surface area (Å²) in [6.45, 7) is 10.5. The van der Waals surface area contributed by atoms with E-state index < -0.39 is 0 Å². The predicted molar refractivity (Wildman–Crippen MR) is 80.4 cm³/mol. The predicted octanol–water partition coefficient (Wildman–Crippen LogP) is 1.09. The molecule has 0 spiro atoms. The van der Waals surface area contributed by atoms with E-state index >= 15 is 0 Å². The van der Waals surface area contributed by atoms with Crippen LogP contribution in [0.15, 0.2) is 0 Å². The minimum absolute atomic E-state index is 0.0168. The molecule has 1 aliphatic heterocycles. The molecule has 20 heavy (non-hydrogen) atoms. The van der Waals surface area contributed by atoms with Crippen molar-refractivity contribution in [1.82, 2.24) is 15.1 Å². The summed E-state index contributed by atoms with van der Waals surface area (Å²) in [5, 5.41) is 2.87. The SMILES string of the molecule is CC1CCCN(CC(=O)N(C)CC(=O)NC(C)(C)C)C1. The van der Waals surface area contributed by atoms with Gasteiger partial charge in [-0.25, -0.2) is 0 Å². The molecule has 0 bridgehead atoms. The molecule has 5 nitrogen and oxygen atoms in total. The Kier molecular flexibility index (Phi) is 5.99. The van der Waals surface area contributed by atoms with Gasteiger partial charge in [-0.05, 0) is 46.1 Å². The van der Waals surface area contributed by atoms with E-state index in [2.05, 4.69) is 17.1 Å². The monoisotopic (exact) mass is 283 g/mol. The summed E-state index contributed by atoms with van der Waals surface area (Å²) in [6, 6.07) is 0. The van der Waals surface area contributed by atoms with Crippen LogP contribution in [0.2, 0.25) is 0 Å². The molecule has 0 aliphatic carbocycles. The molecule has 0 aromatic carbocycles. The molecule has 0 aromatic rings. The Bertz CT molecular complexity index is 350. The van der Waals surface area contributed by atoms with Crippen molar-refractivity contribution >= 4 is 11.8 Å². The van der Waals surface area contributed by atoms with Crippen LogP contribution in [-0.4, -0.2) is 60.4 Å². The third kappa shape index (κ3) is 6.37. The summed E-state index contributed by atoms with van der Waals surface area (Å²) in [4.78, 5) is 27.6. The standard InChI is InChI=1S/C15H29N3O2/c1-12-7-6-8-18(9-12)11-14(20)17(5)10-13(19)16-15(2,3)4/h12H,6-11H2,1-5H3,(H,16,19). The first-order chi connectivity index (χ1) is 9.17. The molecule has 1 fully saturated rings. The molecule has 1 heterocycles. The Morgan fingerprint density at radius 1 is 1.35 bits per heavy atom. The maximum absolute atomic E-state index is 12.1. The van der Waals surface area contributed by atoms with Gasteiger partial charge in [-0.1, -0.05) is 6.92 Å². The second kappa shape index (κ2) is 7.07. The van der Waals surface area contributed by atoms with Crippen LogP contribution in [0.5, 0.6) is 0 Å². The van der Waals surface area contributed by atoms with Crippen LogP contribution in [0.4, 0.5) is 0 Å². The normalized spacial score (nSPS) is 20.6. The molecule has 0 saturated carbocycles. The fraction of sp³-hybridized carbons (Fsp3) is 0.867. The highest BCUT2D eigenvalue weighted by molar-refractivity contribution is 5.85. The van der Waals surface area contributed by atoms with Crippen molar-refractivity contribution in [3.8, 4) is 0 Å². The van der Waals surface area contributed by atoms with Gasteiger partial charge in [0.2, 0.25) is 11.8 Å². The zero-order valence-electron chi connectivity index (χ0n) is 13.5. The average Bonchev–Trinajstić information content (AvgIpc) is 2.25. The molecule has 1 unspecified atom stereocenters. The Balaban J connectivity index is 2.37. The number of hydrogen-bond donors (Lipinski definition) is 1. The van der Waals surface area contributed by atoms with Crippen LogP contribution in [0.3, 0.4) is 0 Å². The van der Waals surface area contributed by atoms with Crippen LogP contribution in [0.1, 0.15) is 40.5 Å². The summed E-state index contributed by atoms with van der Waals surface area (Å²) in [7, 11) is 1.69. The van der Waals surface area contributed by atoms with Crippen molar-refractivity contribution in [3.05, 3.63) is 0 Å². The van der Waals surface area contributed by atoms with E-state index in [4.69, 9.17) is 0 Å². The van der Waals surface area contributed by atoms with Gasteiger partial charge < -0.3 is 10.2 Å². The van der Waals surface area contributed by atoms with Crippen LogP contribution in [0.25, 0.3) is 0 Å². The average molecular weight is 283 g/mol. The molecule has 1 atom stereocenters. The number of carbonyl (C=O) groups excluding carboxylic acids is 2. The largest absolute Gasteiger partial charge is 0.350 e. The van der Waals surface area contributed by atoms with E-state index in [-0.39, 0.29) is 23.9 Å².